The molecule has 0 aliphatic rings. The highest BCUT2D eigenvalue weighted by atomic mass is 16.5. The molecule has 1 heterocycles. The van der Waals surface area contributed by atoms with E-state index in [-0.39, 0.29) is 11.5 Å². The van der Waals surface area contributed by atoms with E-state index in [1.54, 1.807) is 37.4 Å². The quantitative estimate of drug-likeness (QED) is 0.686. The van der Waals surface area contributed by atoms with Crippen LogP contribution in [0, 0.1) is 13.8 Å². The molecule has 0 aliphatic heterocycles. The summed E-state index contributed by atoms with van der Waals surface area (Å²) < 4.78 is 6.41. The lowest BCUT2D eigenvalue weighted by molar-refractivity contribution is -0.119. The van der Waals surface area contributed by atoms with Gasteiger partial charge in [0.1, 0.15) is 11.8 Å². The smallest absolute Gasteiger partial charge is 0.267 e. The summed E-state index contributed by atoms with van der Waals surface area (Å²) in [5.41, 5.74) is 4.10. The van der Waals surface area contributed by atoms with Gasteiger partial charge in [0, 0.05) is 17.3 Å². The van der Waals surface area contributed by atoms with Gasteiger partial charge in [-0.15, -0.1) is 0 Å². The van der Waals surface area contributed by atoms with Crippen LogP contribution in [0.3, 0.4) is 0 Å². The van der Waals surface area contributed by atoms with Crippen LogP contribution in [0.5, 0.6) is 5.75 Å². The highest BCUT2D eigenvalue weighted by Gasteiger charge is 2.22. The molecule has 29 heavy (non-hydrogen) atoms. The SMILES string of the molecule is CC[C@@H](C(=O)Nc1ccc(OC)cc1)n1nc(-c2cc(C)ccc2C)ccc1=O. The molecule has 6 nitrogen and oxygen atoms in total. The molecule has 0 radical (unpaired) electrons. The van der Waals surface area contributed by atoms with E-state index in [0.717, 1.165) is 16.7 Å². The Kier molecular flexibility index (Phi) is 6.12. The molecular formula is C23H25N3O3. The lowest BCUT2D eigenvalue weighted by Crippen LogP contribution is -2.34. The summed E-state index contributed by atoms with van der Waals surface area (Å²) in [5.74, 6) is 0.416. The van der Waals surface area contributed by atoms with Crippen molar-refractivity contribution in [3.63, 3.8) is 0 Å². The Morgan fingerprint density at radius 3 is 2.48 bits per heavy atom. The first-order chi connectivity index (χ1) is 13.9. The van der Waals surface area contributed by atoms with Crippen molar-refractivity contribution in [1.82, 2.24) is 9.78 Å². The number of carbonyl (C=O) groups excluding carboxylic acids is 1. The Labute approximate surface area is 170 Å². The van der Waals surface area contributed by atoms with Gasteiger partial charge in [0.05, 0.1) is 12.8 Å². The first kappa shape index (κ1) is 20.3. The van der Waals surface area contributed by atoms with Gasteiger partial charge in [0.15, 0.2) is 0 Å². The second-order valence-corrected chi connectivity index (χ2v) is 6.96. The van der Waals surface area contributed by atoms with Crippen molar-refractivity contribution >= 4 is 11.6 Å². The van der Waals surface area contributed by atoms with Crippen LogP contribution < -0.4 is 15.6 Å². The lowest BCUT2D eigenvalue weighted by Gasteiger charge is -2.18. The third-order valence-corrected chi connectivity index (χ3v) is 4.84. The number of aromatic nitrogens is 2. The van der Waals surface area contributed by atoms with Gasteiger partial charge in [-0.1, -0.05) is 24.6 Å². The Bertz CT molecular complexity index is 1070. The zero-order valence-electron chi connectivity index (χ0n) is 17.1. The number of rotatable bonds is 6. The minimum Gasteiger partial charge on any atom is -0.497 e. The number of methoxy groups -OCH3 is 1. The van der Waals surface area contributed by atoms with Crippen LogP contribution in [-0.4, -0.2) is 22.8 Å². The second kappa shape index (κ2) is 8.73. The Balaban J connectivity index is 1.93. The van der Waals surface area contributed by atoms with Gasteiger partial charge in [-0.2, -0.15) is 5.10 Å². The van der Waals surface area contributed by atoms with Crippen molar-refractivity contribution in [2.45, 2.75) is 33.2 Å². The minimum atomic E-state index is -0.713. The first-order valence-electron chi connectivity index (χ1n) is 9.55. The molecule has 3 rings (SSSR count). The van der Waals surface area contributed by atoms with Crippen molar-refractivity contribution in [3.05, 3.63) is 76.1 Å². The summed E-state index contributed by atoms with van der Waals surface area (Å²) in [5, 5.41) is 7.38. The maximum absolute atomic E-state index is 12.9. The number of aryl methyl sites for hydroxylation is 2. The van der Waals surface area contributed by atoms with Crippen molar-refractivity contribution in [2.75, 3.05) is 12.4 Å². The predicted molar refractivity (Wildman–Crippen MR) is 114 cm³/mol. The van der Waals surface area contributed by atoms with Crippen molar-refractivity contribution in [2.24, 2.45) is 0 Å². The van der Waals surface area contributed by atoms with Crippen molar-refractivity contribution in [3.8, 4) is 17.0 Å². The topological polar surface area (TPSA) is 73.2 Å². The Morgan fingerprint density at radius 2 is 1.83 bits per heavy atom. The van der Waals surface area contributed by atoms with Gasteiger partial charge in [0.2, 0.25) is 5.91 Å². The summed E-state index contributed by atoms with van der Waals surface area (Å²) in [4.78, 5) is 25.4. The molecular weight excluding hydrogens is 366 g/mol. The highest BCUT2D eigenvalue weighted by molar-refractivity contribution is 5.93. The van der Waals surface area contributed by atoms with Gasteiger partial charge >= 0.3 is 0 Å². The number of hydrogen-bond donors (Lipinski definition) is 1. The molecule has 0 unspecified atom stereocenters. The predicted octanol–water partition coefficient (Wildman–Crippen LogP) is 4.13. The fourth-order valence-corrected chi connectivity index (χ4v) is 3.17. The number of hydrogen-bond acceptors (Lipinski definition) is 4. The van der Waals surface area contributed by atoms with Crippen LogP contribution in [-0.2, 0) is 4.79 Å². The maximum atomic E-state index is 12.9. The molecule has 0 bridgehead atoms. The third kappa shape index (κ3) is 4.54. The molecule has 0 aliphatic carbocycles. The zero-order chi connectivity index (χ0) is 21.0. The van der Waals surface area contributed by atoms with Crippen molar-refractivity contribution < 1.29 is 9.53 Å². The molecule has 0 saturated heterocycles. The molecule has 3 aromatic rings. The number of amides is 1. The molecule has 1 N–H and O–H groups in total. The van der Waals surface area contributed by atoms with Crippen LogP contribution >= 0.6 is 0 Å². The second-order valence-electron chi connectivity index (χ2n) is 6.96. The van der Waals surface area contributed by atoms with E-state index < -0.39 is 6.04 Å². The standard InChI is InChI=1S/C23H25N3O3/c1-5-21(23(28)24-17-8-10-18(29-4)11-9-17)26-22(27)13-12-20(25-26)19-14-15(2)6-7-16(19)3/h6-14,21H,5H2,1-4H3,(H,24,28)/t21-/m0/s1. The van der Waals surface area contributed by atoms with E-state index in [4.69, 9.17) is 4.74 Å². The fourth-order valence-electron chi connectivity index (χ4n) is 3.17. The number of nitrogens with zero attached hydrogens (tertiary/aromatic N) is 2. The summed E-state index contributed by atoms with van der Waals surface area (Å²) >= 11 is 0. The van der Waals surface area contributed by atoms with E-state index in [0.29, 0.717) is 23.6 Å². The summed E-state index contributed by atoms with van der Waals surface area (Å²) in [6, 6.07) is 15.6. The lowest BCUT2D eigenvalue weighted by atomic mass is 10.0. The van der Waals surface area contributed by atoms with E-state index in [9.17, 15) is 9.59 Å². The normalized spacial score (nSPS) is 11.7. The van der Waals surface area contributed by atoms with Crippen LogP contribution in [0.25, 0.3) is 11.3 Å². The minimum absolute atomic E-state index is 0.287. The van der Waals surface area contributed by atoms with Gasteiger partial charge in [-0.3, -0.25) is 9.59 Å². The monoisotopic (exact) mass is 391 g/mol. The van der Waals surface area contributed by atoms with Gasteiger partial charge in [-0.05, 0) is 62.2 Å². The molecule has 0 fully saturated rings. The fraction of sp³-hybridized carbons (Fsp3) is 0.261. The molecule has 2 aromatic carbocycles. The average Bonchev–Trinajstić information content (AvgIpc) is 2.72. The van der Waals surface area contributed by atoms with Crippen LogP contribution in [0.2, 0.25) is 0 Å². The summed E-state index contributed by atoms with van der Waals surface area (Å²) in [6.45, 7) is 5.87. The average molecular weight is 391 g/mol. The molecule has 1 aromatic heterocycles. The van der Waals surface area contributed by atoms with E-state index in [2.05, 4.69) is 10.4 Å². The summed E-state index contributed by atoms with van der Waals surface area (Å²) in [7, 11) is 1.59. The number of benzene rings is 2. The van der Waals surface area contributed by atoms with Gasteiger partial charge in [0.25, 0.3) is 5.56 Å². The van der Waals surface area contributed by atoms with E-state index in [1.165, 1.54) is 10.7 Å². The molecule has 0 spiro atoms. The molecule has 150 valence electrons. The molecule has 1 atom stereocenters. The van der Waals surface area contributed by atoms with Crippen LogP contribution in [0.1, 0.15) is 30.5 Å². The number of ether oxygens (including phenoxy) is 1. The number of anilines is 1. The van der Waals surface area contributed by atoms with E-state index in [1.807, 2.05) is 39.0 Å². The van der Waals surface area contributed by atoms with Gasteiger partial charge < -0.3 is 10.1 Å². The highest BCUT2D eigenvalue weighted by Crippen LogP contribution is 2.23. The van der Waals surface area contributed by atoms with Crippen LogP contribution in [0.15, 0.2) is 59.4 Å². The van der Waals surface area contributed by atoms with Gasteiger partial charge in [-0.25, -0.2) is 4.68 Å². The maximum Gasteiger partial charge on any atom is 0.267 e. The number of nitrogens with one attached hydrogen (secondary N) is 1. The molecule has 1 amide bonds. The van der Waals surface area contributed by atoms with E-state index >= 15 is 0 Å². The molecule has 6 heteroatoms. The number of carbonyl (C=O) groups is 1. The Hall–Kier alpha value is -3.41. The molecule has 0 saturated carbocycles. The van der Waals surface area contributed by atoms with Crippen molar-refractivity contribution in [1.29, 1.82) is 0 Å². The van der Waals surface area contributed by atoms with Crippen LogP contribution in [0.4, 0.5) is 5.69 Å². The third-order valence-electron chi connectivity index (χ3n) is 4.84. The zero-order valence-corrected chi connectivity index (χ0v) is 17.1. The first-order valence-corrected chi connectivity index (χ1v) is 9.55. The largest absolute Gasteiger partial charge is 0.497 e. The Morgan fingerprint density at radius 1 is 1.10 bits per heavy atom. The summed E-state index contributed by atoms with van der Waals surface area (Å²) in [6.07, 6.45) is 0.436.